The smallest absolute Gasteiger partial charge is 0.244 e. The van der Waals surface area contributed by atoms with Crippen LogP contribution in [0.5, 0.6) is 0 Å². The molecule has 0 aliphatic carbocycles. The maximum absolute atomic E-state index is 11.4. The first-order valence-corrected chi connectivity index (χ1v) is 8.32. The van der Waals surface area contributed by atoms with Crippen LogP contribution in [0.1, 0.15) is 26.2 Å². The molecule has 1 aromatic rings. The third-order valence-electron chi connectivity index (χ3n) is 2.96. The molecule has 0 aromatic carbocycles. The standard InChI is InChI=1S/C11H19N5O2S/c1-2-3-5-12-10-7-13-16-11(15-10)14-9-4-6-19(17,18)8-9/h7,9H,2-6,8H2,1H3,(H2,12,14,15,16). The fourth-order valence-electron chi connectivity index (χ4n) is 1.93. The molecule has 1 saturated heterocycles. The number of hydrogen-bond donors (Lipinski definition) is 2. The van der Waals surface area contributed by atoms with E-state index in [0.717, 1.165) is 19.4 Å². The van der Waals surface area contributed by atoms with Crippen molar-refractivity contribution in [1.82, 2.24) is 15.2 Å². The molecule has 1 atom stereocenters. The van der Waals surface area contributed by atoms with Gasteiger partial charge >= 0.3 is 0 Å². The summed E-state index contributed by atoms with van der Waals surface area (Å²) in [4.78, 5) is 4.27. The minimum atomic E-state index is -2.90. The van der Waals surface area contributed by atoms with Crippen LogP contribution in [0.2, 0.25) is 0 Å². The Bertz CT molecular complexity index is 520. The highest BCUT2D eigenvalue weighted by molar-refractivity contribution is 7.91. The summed E-state index contributed by atoms with van der Waals surface area (Å²) < 4.78 is 22.7. The maximum Gasteiger partial charge on any atom is 0.244 e. The van der Waals surface area contributed by atoms with Crippen molar-refractivity contribution in [2.75, 3.05) is 28.7 Å². The van der Waals surface area contributed by atoms with Gasteiger partial charge in [0.25, 0.3) is 0 Å². The largest absolute Gasteiger partial charge is 0.369 e. The Morgan fingerprint density at radius 1 is 1.47 bits per heavy atom. The van der Waals surface area contributed by atoms with Crippen LogP contribution in [-0.4, -0.2) is 47.7 Å². The van der Waals surface area contributed by atoms with E-state index in [1.807, 2.05) is 0 Å². The number of hydrogen-bond acceptors (Lipinski definition) is 7. The second kappa shape index (κ2) is 6.14. The maximum atomic E-state index is 11.4. The van der Waals surface area contributed by atoms with Crippen molar-refractivity contribution in [3.8, 4) is 0 Å². The zero-order chi connectivity index (χ0) is 13.7. The fourth-order valence-corrected chi connectivity index (χ4v) is 3.61. The third kappa shape index (κ3) is 4.30. The number of rotatable bonds is 6. The molecule has 8 heteroatoms. The van der Waals surface area contributed by atoms with Gasteiger partial charge in [-0.25, -0.2) is 8.42 Å². The molecule has 2 rings (SSSR count). The van der Waals surface area contributed by atoms with Gasteiger partial charge < -0.3 is 10.6 Å². The summed E-state index contributed by atoms with van der Waals surface area (Å²) in [6.07, 6.45) is 4.33. The molecule has 0 bridgehead atoms. The van der Waals surface area contributed by atoms with Crippen LogP contribution >= 0.6 is 0 Å². The van der Waals surface area contributed by atoms with Crippen LogP contribution in [0.15, 0.2) is 6.20 Å². The van der Waals surface area contributed by atoms with Gasteiger partial charge in [0, 0.05) is 12.6 Å². The predicted octanol–water partition coefficient (Wildman–Crippen LogP) is 0.683. The van der Waals surface area contributed by atoms with Gasteiger partial charge in [-0.3, -0.25) is 0 Å². The minimum absolute atomic E-state index is 0.113. The Kier molecular flexibility index (Phi) is 4.52. The van der Waals surface area contributed by atoms with E-state index < -0.39 is 9.84 Å². The minimum Gasteiger partial charge on any atom is -0.369 e. The van der Waals surface area contributed by atoms with E-state index in [4.69, 9.17) is 0 Å². The number of sulfone groups is 1. The lowest BCUT2D eigenvalue weighted by Crippen LogP contribution is -2.22. The van der Waals surface area contributed by atoms with Gasteiger partial charge in [-0.05, 0) is 12.8 Å². The molecule has 1 fully saturated rings. The normalized spacial score (nSPS) is 21.2. The SMILES string of the molecule is CCCCNc1cnnc(NC2CCS(=O)(=O)C2)n1. The number of anilines is 2. The van der Waals surface area contributed by atoms with Crippen molar-refractivity contribution in [3.05, 3.63) is 6.20 Å². The monoisotopic (exact) mass is 285 g/mol. The highest BCUT2D eigenvalue weighted by atomic mass is 32.2. The highest BCUT2D eigenvalue weighted by Gasteiger charge is 2.28. The Morgan fingerprint density at radius 3 is 3.00 bits per heavy atom. The lowest BCUT2D eigenvalue weighted by molar-refractivity contribution is 0.602. The van der Waals surface area contributed by atoms with Crippen LogP contribution in [0.25, 0.3) is 0 Å². The van der Waals surface area contributed by atoms with E-state index in [0.29, 0.717) is 18.2 Å². The first-order chi connectivity index (χ1) is 9.09. The summed E-state index contributed by atoms with van der Waals surface area (Å²) in [7, 11) is -2.90. The molecule has 1 aromatic heterocycles. The summed E-state index contributed by atoms with van der Waals surface area (Å²) in [5, 5.41) is 13.9. The van der Waals surface area contributed by atoms with Gasteiger partial charge in [-0.15, -0.1) is 5.10 Å². The van der Waals surface area contributed by atoms with Crippen molar-refractivity contribution in [1.29, 1.82) is 0 Å². The van der Waals surface area contributed by atoms with E-state index in [1.54, 1.807) is 6.20 Å². The van der Waals surface area contributed by atoms with Gasteiger partial charge in [0.1, 0.15) is 5.82 Å². The molecular weight excluding hydrogens is 266 g/mol. The van der Waals surface area contributed by atoms with E-state index in [9.17, 15) is 8.42 Å². The Balaban J connectivity index is 1.92. The predicted molar refractivity (Wildman–Crippen MR) is 73.9 cm³/mol. The zero-order valence-corrected chi connectivity index (χ0v) is 11.8. The van der Waals surface area contributed by atoms with Crippen LogP contribution in [0, 0.1) is 0 Å². The van der Waals surface area contributed by atoms with Crippen molar-refractivity contribution in [2.24, 2.45) is 0 Å². The van der Waals surface area contributed by atoms with Crippen molar-refractivity contribution >= 4 is 21.6 Å². The van der Waals surface area contributed by atoms with E-state index >= 15 is 0 Å². The van der Waals surface area contributed by atoms with Crippen LogP contribution in [0.4, 0.5) is 11.8 Å². The average Bonchev–Trinajstić information content (AvgIpc) is 2.69. The summed E-state index contributed by atoms with van der Waals surface area (Å²) in [6, 6.07) is -0.113. The first-order valence-electron chi connectivity index (χ1n) is 6.49. The average molecular weight is 285 g/mol. The number of aromatic nitrogens is 3. The molecule has 19 heavy (non-hydrogen) atoms. The Labute approximate surface area is 113 Å². The van der Waals surface area contributed by atoms with Gasteiger partial charge in [0.15, 0.2) is 9.84 Å². The summed E-state index contributed by atoms with van der Waals surface area (Å²) in [6.45, 7) is 2.96. The van der Waals surface area contributed by atoms with E-state index in [2.05, 4.69) is 32.7 Å². The van der Waals surface area contributed by atoms with Crippen molar-refractivity contribution < 1.29 is 8.42 Å². The molecule has 1 aliphatic heterocycles. The third-order valence-corrected chi connectivity index (χ3v) is 4.73. The molecule has 106 valence electrons. The zero-order valence-electron chi connectivity index (χ0n) is 11.0. The van der Waals surface area contributed by atoms with Gasteiger partial charge in [-0.2, -0.15) is 10.1 Å². The molecule has 0 radical (unpaired) electrons. The topological polar surface area (TPSA) is 96.9 Å². The van der Waals surface area contributed by atoms with E-state index in [-0.39, 0.29) is 17.5 Å². The summed E-state index contributed by atoms with van der Waals surface area (Å²) >= 11 is 0. The lowest BCUT2D eigenvalue weighted by atomic mass is 10.3. The van der Waals surface area contributed by atoms with Crippen LogP contribution in [0.3, 0.4) is 0 Å². The lowest BCUT2D eigenvalue weighted by Gasteiger charge is -2.11. The molecule has 1 unspecified atom stereocenters. The molecule has 0 spiro atoms. The second-order valence-corrected chi connectivity index (χ2v) is 6.92. The molecule has 2 N–H and O–H groups in total. The molecule has 1 aliphatic rings. The Morgan fingerprint density at radius 2 is 2.32 bits per heavy atom. The first kappa shape index (κ1) is 14.0. The van der Waals surface area contributed by atoms with Crippen molar-refractivity contribution in [3.63, 3.8) is 0 Å². The van der Waals surface area contributed by atoms with Gasteiger partial charge in [-0.1, -0.05) is 13.3 Å². The molecular formula is C11H19N5O2S. The second-order valence-electron chi connectivity index (χ2n) is 4.69. The highest BCUT2D eigenvalue weighted by Crippen LogP contribution is 2.15. The number of unbranched alkanes of at least 4 members (excludes halogenated alkanes) is 1. The quantitative estimate of drug-likeness (QED) is 0.742. The van der Waals surface area contributed by atoms with Gasteiger partial charge in [0.2, 0.25) is 5.95 Å². The molecule has 0 amide bonds. The van der Waals surface area contributed by atoms with Crippen molar-refractivity contribution in [2.45, 2.75) is 32.2 Å². The van der Waals surface area contributed by atoms with Crippen LogP contribution in [-0.2, 0) is 9.84 Å². The molecule has 2 heterocycles. The number of nitrogens with zero attached hydrogens (tertiary/aromatic N) is 3. The summed E-state index contributed by atoms with van der Waals surface area (Å²) in [5.74, 6) is 1.41. The Hall–Kier alpha value is -1.44. The summed E-state index contributed by atoms with van der Waals surface area (Å²) in [5.41, 5.74) is 0. The molecule has 0 saturated carbocycles. The molecule has 7 nitrogen and oxygen atoms in total. The van der Waals surface area contributed by atoms with Gasteiger partial charge in [0.05, 0.1) is 17.7 Å². The van der Waals surface area contributed by atoms with E-state index in [1.165, 1.54) is 0 Å². The van der Waals surface area contributed by atoms with Crippen LogP contribution < -0.4 is 10.6 Å². The fraction of sp³-hybridized carbons (Fsp3) is 0.727. The number of nitrogens with one attached hydrogen (secondary N) is 2.